The van der Waals surface area contributed by atoms with Gasteiger partial charge in [0.25, 0.3) is 5.91 Å². The van der Waals surface area contributed by atoms with Gasteiger partial charge in [-0.05, 0) is 55.5 Å². The van der Waals surface area contributed by atoms with Gasteiger partial charge in [-0.2, -0.15) is 10.4 Å². The van der Waals surface area contributed by atoms with Gasteiger partial charge in [-0.25, -0.2) is 9.18 Å². The van der Waals surface area contributed by atoms with Crippen LogP contribution in [0.3, 0.4) is 0 Å². The first kappa shape index (κ1) is 20.7. The van der Waals surface area contributed by atoms with Gasteiger partial charge in [-0.3, -0.25) is 9.48 Å². The summed E-state index contributed by atoms with van der Waals surface area (Å²) in [5.74, 6) is -1.25. The zero-order valence-electron chi connectivity index (χ0n) is 16.3. The fourth-order valence-electron chi connectivity index (χ4n) is 2.79. The van der Waals surface area contributed by atoms with Crippen molar-refractivity contribution in [2.24, 2.45) is 0 Å². The molecule has 8 heteroatoms. The van der Waals surface area contributed by atoms with Gasteiger partial charge in [-0.15, -0.1) is 0 Å². The Morgan fingerprint density at radius 2 is 1.87 bits per heavy atom. The van der Waals surface area contributed by atoms with Crippen molar-refractivity contribution in [2.75, 3.05) is 11.9 Å². The smallest absolute Gasteiger partial charge is 0.338 e. The molecule has 0 saturated carbocycles. The number of aromatic nitrogens is 2. The first-order chi connectivity index (χ1) is 14.5. The molecule has 0 aliphatic heterocycles. The molecule has 3 rings (SSSR count). The molecule has 0 bridgehead atoms. The van der Waals surface area contributed by atoms with Crippen LogP contribution in [-0.4, -0.2) is 28.3 Å². The Labute approximate surface area is 172 Å². The molecule has 0 fully saturated rings. The molecule has 7 nitrogen and oxygen atoms in total. The van der Waals surface area contributed by atoms with Crippen LogP contribution >= 0.6 is 0 Å². The Balaban J connectivity index is 1.85. The van der Waals surface area contributed by atoms with E-state index in [0.717, 1.165) is 0 Å². The number of amides is 1. The molecule has 0 aliphatic rings. The maximum Gasteiger partial charge on any atom is 0.338 e. The lowest BCUT2D eigenvalue weighted by atomic mass is 10.1. The molecule has 2 aromatic carbocycles. The second-order valence-corrected chi connectivity index (χ2v) is 6.32. The van der Waals surface area contributed by atoms with Gasteiger partial charge in [0.15, 0.2) is 0 Å². The highest BCUT2D eigenvalue weighted by molar-refractivity contribution is 6.08. The Kier molecular flexibility index (Phi) is 6.55. The van der Waals surface area contributed by atoms with Gasteiger partial charge in [0.05, 0.1) is 36.8 Å². The number of anilines is 1. The van der Waals surface area contributed by atoms with Crippen molar-refractivity contribution in [3.8, 4) is 17.3 Å². The maximum atomic E-state index is 13.3. The first-order valence-corrected chi connectivity index (χ1v) is 9.30. The predicted molar refractivity (Wildman–Crippen MR) is 108 cm³/mol. The number of aryl methyl sites for hydroxylation is 1. The molecule has 1 heterocycles. The van der Waals surface area contributed by atoms with Gasteiger partial charge in [0.2, 0.25) is 0 Å². The van der Waals surface area contributed by atoms with E-state index >= 15 is 0 Å². The van der Waals surface area contributed by atoms with E-state index in [0.29, 0.717) is 29.1 Å². The van der Waals surface area contributed by atoms with Crippen LogP contribution in [0.25, 0.3) is 11.3 Å². The minimum absolute atomic E-state index is 0.237. The molecule has 0 radical (unpaired) electrons. The van der Waals surface area contributed by atoms with Gasteiger partial charge >= 0.3 is 5.97 Å². The van der Waals surface area contributed by atoms with Crippen LogP contribution in [0.4, 0.5) is 10.1 Å². The standard InChI is InChI=1S/C22H19FN4O3/c1-2-30-22(29)16-6-10-18(11-7-16)25-21(28)19-14-27(13-3-12-24)26-20(19)15-4-8-17(23)9-5-15/h4-11,14H,2-3,13H2,1H3,(H,25,28). The fourth-order valence-corrected chi connectivity index (χ4v) is 2.79. The van der Waals surface area contributed by atoms with Crippen LogP contribution < -0.4 is 5.32 Å². The number of carbonyl (C=O) groups is 2. The minimum Gasteiger partial charge on any atom is -0.462 e. The summed E-state index contributed by atoms with van der Waals surface area (Å²) in [6.07, 6.45) is 1.79. The Morgan fingerprint density at radius 3 is 2.50 bits per heavy atom. The third-order valence-corrected chi connectivity index (χ3v) is 4.23. The number of hydrogen-bond donors (Lipinski definition) is 1. The van der Waals surface area contributed by atoms with Gasteiger partial charge in [0, 0.05) is 17.4 Å². The summed E-state index contributed by atoms with van der Waals surface area (Å²) in [6.45, 7) is 2.33. The van der Waals surface area contributed by atoms with Crippen LogP contribution in [0.1, 0.15) is 34.1 Å². The van der Waals surface area contributed by atoms with E-state index in [1.54, 1.807) is 37.4 Å². The van der Waals surface area contributed by atoms with Crippen molar-refractivity contribution >= 4 is 17.6 Å². The van der Waals surface area contributed by atoms with Crippen LogP contribution in [-0.2, 0) is 11.3 Å². The van der Waals surface area contributed by atoms with Crippen LogP contribution in [0.2, 0.25) is 0 Å². The Morgan fingerprint density at radius 1 is 1.17 bits per heavy atom. The molecule has 0 atom stereocenters. The number of benzene rings is 2. The zero-order chi connectivity index (χ0) is 21.5. The van der Waals surface area contributed by atoms with E-state index < -0.39 is 17.7 Å². The maximum absolute atomic E-state index is 13.3. The van der Waals surface area contributed by atoms with Crippen LogP contribution in [0.15, 0.2) is 54.7 Å². The number of rotatable bonds is 7. The average Bonchev–Trinajstić information content (AvgIpc) is 3.18. The number of hydrogen-bond acceptors (Lipinski definition) is 5. The molecule has 1 aromatic heterocycles. The van der Waals surface area contributed by atoms with Crippen LogP contribution in [0, 0.1) is 17.1 Å². The topological polar surface area (TPSA) is 97.0 Å². The van der Waals surface area contributed by atoms with Gasteiger partial charge in [0.1, 0.15) is 11.5 Å². The summed E-state index contributed by atoms with van der Waals surface area (Å²) in [7, 11) is 0. The zero-order valence-corrected chi connectivity index (χ0v) is 16.3. The van der Waals surface area contributed by atoms with Crippen molar-refractivity contribution in [3.63, 3.8) is 0 Å². The number of ether oxygens (including phenoxy) is 1. The summed E-state index contributed by atoms with van der Waals surface area (Å²) in [4.78, 5) is 24.6. The number of nitrogens with one attached hydrogen (secondary N) is 1. The lowest BCUT2D eigenvalue weighted by Gasteiger charge is -2.07. The Hall–Kier alpha value is -3.99. The third-order valence-electron chi connectivity index (χ3n) is 4.23. The van der Waals surface area contributed by atoms with E-state index in [1.807, 2.05) is 6.07 Å². The second kappa shape index (κ2) is 9.47. The van der Waals surface area contributed by atoms with Gasteiger partial charge < -0.3 is 10.1 Å². The van der Waals surface area contributed by atoms with E-state index in [1.165, 1.54) is 28.9 Å². The number of esters is 1. The normalized spacial score (nSPS) is 10.3. The van der Waals surface area contributed by atoms with Crippen LogP contribution in [0.5, 0.6) is 0 Å². The van der Waals surface area contributed by atoms with Crippen molar-refractivity contribution < 1.29 is 18.7 Å². The summed E-state index contributed by atoms with van der Waals surface area (Å²) in [5, 5.41) is 16.0. The third kappa shape index (κ3) is 4.89. The highest BCUT2D eigenvalue weighted by Crippen LogP contribution is 2.24. The lowest BCUT2D eigenvalue weighted by molar-refractivity contribution is 0.0526. The van der Waals surface area contributed by atoms with Gasteiger partial charge in [-0.1, -0.05) is 0 Å². The molecular weight excluding hydrogens is 387 g/mol. The number of halogens is 1. The fraction of sp³-hybridized carbons (Fsp3) is 0.182. The molecule has 0 unspecified atom stereocenters. The number of nitriles is 1. The van der Waals surface area contributed by atoms with E-state index in [4.69, 9.17) is 10.00 Å². The average molecular weight is 406 g/mol. The summed E-state index contributed by atoms with van der Waals surface area (Å²) in [6, 6.07) is 14.0. The SMILES string of the molecule is CCOC(=O)c1ccc(NC(=O)c2cn(CCC#N)nc2-c2ccc(F)cc2)cc1. The van der Waals surface area contributed by atoms with E-state index in [9.17, 15) is 14.0 Å². The minimum atomic E-state index is -0.437. The molecule has 0 saturated heterocycles. The quantitative estimate of drug-likeness (QED) is 0.598. The van der Waals surface area contributed by atoms with E-state index in [-0.39, 0.29) is 18.6 Å². The Bertz CT molecular complexity index is 1080. The summed E-state index contributed by atoms with van der Waals surface area (Å²) < 4.78 is 19.7. The molecule has 1 amide bonds. The van der Waals surface area contributed by atoms with Crippen molar-refractivity contribution in [1.82, 2.24) is 9.78 Å². The highest BCUT2D eigenvalue weighted by Gasteiger charge is 2.18. The molecule has 0 spiro atoms. The summed E-state index contributed by atoms with van der Waals surface area (Å²) >= 11 is 0. The molecular formula is C22H19FN4O3. The number of nitrogens with zero attached hydrogens (tertiary/aromatic N) is 3. The molecule has 1 N–H and O–H groups in total. The molecule has 0 aliphatic carbocycles. The summed E-state index contributed by atoms with van der Waals surface area (Å²) in [5.41, 5.74) is 2.12. The highest BCUT2D eigenvalue weighted by atomic mass is 19.1. The van der Waals surface area contributed by atoms with E-state index in [2.05, 4.69) is 10.4 Å². The molecule has 3 aromatic rings. The molecule has 30 heavy (non-hydrogen) atoms. The number of carbonyl (C=O) groups excluding carboxylic acids is 2. The lowest BCUT2D eigenvalue weighted by Crippen LogP contribution is -2.12. The monoisotopic (exact) mass is 406 g/mol. The molecule has 152 valence electrons. The predicted octanol–water partition coefficient (Wildman–Crippen LogP) is 4.03. The largest absolute Gasteiger partial charge is 0.462 e. The second-order valence-electron chi connectivity index (χ2n) is 6.32. The first-order valence-electron chi connectivity index (χ1n) is 9.30. The van der Waals surface area contributed by atoms with Crippen molar-refractivity contribution in [2.45, 2.75) is 19.9 Å². The van der Waals surface area contributed by atoms with Crippen molar-refractivity contribution in [3.05, 3.63) is 71.7 Å². The van der Waals surface area contributed by atoms with Crippen molar-refractivity contribution in [1.29, 1.82) is 5.26 Å².